The van der Waals surface area contributed by atoms with Gasteiger partial charge in [0.05, 0.1) is 6.61 Å². The lowest BCUT2D eigenvalue weighted by Crippen LogP contribution is -2.50. The third kappa shape index (κ3) is 4.48. The van der Waals surface area contributed by atoms with Crippen LogP contribution in [0, 0.1) is 23.5 Å². The number of hydrogen-bond donors (Lipinski definition) is 0. The van der Waals surface area contributed by atoms with E-state index in [-0.39, 0.29) is 29.8 Å². The number of rotatable bonds is 7. The maximum atomic E-state index is 14.8. The molecular weight excluding hydrogens is 396 g/mol. The zero-order valence-corrected chi connectivity index (χ0v) is 17.3. The highest BCUT2D eigenvalue weighted by atomic mass is 19.2. The number of halogens is 4. The number of allylic oxidation sites excluding steroid dienone is 3. The van der Waals surface area contributed by atoms with Crippen LogP contribution in [0.3, 0.4) is 0 Å². The first-order valence-corrected chi connectivity index (χ1v) is 10.5. The highest BCUT2D eigenvalue weighted by Gasteiger charge is 2.49. The van der Waals surface area contributed by atoms with E-state index < -0.39 is 29.2 Å². The van der Waals surface area contributed by atoms with Crippen LogP contribution in [0.1, 0.15) is 45.1 Å². The minimum atomic E-state index is -1.81. The van der Waals surface area contributed by atoms with E-state index in [4.69, 9.17) is 9.47 Å². The van der Waals surface area contributed by atoms with Crippen molar-refractivity contribution in [1.29, 1.82) is 0 Å². The third-order valence-electron chi connectivity index (χ3n) is 5.98. The highest BCUT2D eigenvalue weighted by Crippen LogP contribution is 2.45. The zero-order chi connectivity index (χ0) is 21.7. The summed E-state index contributed by atoms with van der Waals surface area (Å²) in [5.41, 5.74) is -1.11. The Kier molecular flexibility index (Phi) is 7.40. The fourth-order valence-electron chi connectivity index (χ4n) is 4.45. The van der Waals surface area contributed by atoms with Gasteiger partial charge in [-0.1, -0.05) is 18.2 Å². The molecule has 2 unspecified atom stereocenters. The summed E-state index contributed by atoms with van der Waals surface area (Å²) in [6.45, 7) is 4.03. The normalized spacial score (nSPS) is 29.3. The van der Waals surface area contributed by atoms with E-state index >= 15 is 0 Å². The molecule has 0 heterocycles. The third-order valence-corrected chi connectivity index (χ3v) is 5.98. The molecule has 0 amide bonds. The van der Waals surface area contributed by atoms with Crippen LogP contribution >= 0.6 is 0 Å². The van der Waals surface area contributed by atoms with Crippen LogP contribution in [-0.2, 0) is 4.74 Å². The zero-order valence-electron chi connectivity index (χ0n) is 17.3. The van der Waals surface area contributed by atoms with Gasteiger partial charge >= 0.3 is 0 Å². The predicted molar refractivity (Wildman–Crippen MR) is 110 cm³/mol. The first kappa shape index (κ1) is 22.6. The van der Waals surface area contributed by atoms with E-state index in [1.54, 1.807) is 26.0 Å². The van der Waals surface area contributed by atoms with Gasteiger partial charge in [0.15, 0.2) is 17.7 Å². The van der Waals surface area contributed by atoms with E-state index in [0.717, 1.165) is 18.9 Å². The molecule has 2 atom stereocenters. The van der Waals surface area contributed by atoms with Crippen molar-refractivity contribution in [3.63, 3.8) is 0 Å². The quantitative estimate of drug-likeness (QED) is 0.453. The van der Waals surface area contributed by atoms with E-state index in [0.29, 0.717) is 19.4 Å². The molecule has 1 fully saturated rings. The van der Waals surface area contributed by atoms with Gasteiger partial charge in [-0.25, -0.2) is 13.2 Å². The molecule has 2 aliphatic rings. The van der Waals surface area contributed by atoms with Crippen LogP contribution in [0.15, 0.2) is 42.3 Å². The first-order chi connectivity index (χ1) is 14.4. The summed E-state index contributed by atoms with van der Waals surface area (Å²) in [5, 5.41) is 0. The molecule has 1 aromatic rings. The summed E-state index contributed by atoms with van der Waals surface area (Å²) in [7, 11) is 0. The molecule has 30 heavy (non-hydrogen) atoms. The highest BCUT2D eigenvalue weighted by molar-refractivity contribution is 5.52. The number of ether oxygens (including phenoxy) is 2. The first-order valence-electron chi connectivity index (χ1n) is 10.5. The fourth-order valence-corrected chi connectivity index (χ4v) is 4.45. The smallest absolute Gasteiger partial charge is 0.201 e. The average Bonchev–Trinajstić information content (AvgIpc) is 2.75. The molecule has 2 nitrogen and oxygen atoms in total. The van der Waals surface area contributed by atoms with E-state index in [2.05, 4.69) is 0 Å². The van der Waals surface area contributed by atoms with Crippen LogP contribution in [0.5, 0.6) is 5.75 Å². The van der Waals surface area contributed by atoms with Gasteiger partial charge in [-0.3, -0.25) is 0 Å². The molecule has 0 radical (unpaired) electrons. The van der Waals surface area contributed by atoms with Crippen LogP contribution in [0.4, 0.5) is 17.6 Å². The topological polar surface area (TPSA) is 18.5 Å². The van der Waals surface area contributed by atoms with Gasteiger partial charge in [0.1, 0.15) is 11.4 Å². The summed E-state index contributed by atoms with van der Waals surface area (Å²) < 4.78 is 67.8. The lowest BCUT2D eigenvalue weighted by Gasteiger charge is -2.44. The molecule has 6 heteroatoms. The Bertz CT molecular complexity index is 825. The molecule has 0 aliphatic heterocycles. The van der Waals surface area contributed by atoms with E-state index in [1.165, 1.54) is 18.2 Å². The molecule has 0 saturated heterocycles. The second-order valence-electron chi connectivity index (χ2n) is 7.74. The molecule has 1 aromatic carbocycles. The van der Waals surface area contributed by atoms with Crippen molar-refractivity contribution in [1.82, 2.24) is 0 Å². The van der Waals surface area contributed by atoms with Crippen molar-refractivity contribution in [2.75, 3.05) is 13.2 Å². The van der Waals surface area contributed by atoms with Gasteiger partial charge in [0, 0.05) is 12.2 Å². The van der Waals surface area contributed by atoms with Gasteiger partial charge < -0.3 is 9.47 Å². The maximum absolute atomic E-state index is 14.8. The second kappa shape index (κ2) is 9.82. The lowest BCUT2D eigenvalue weighted by molar-refractivity contribution is -0.101. The molecule has 2 aliphatic carbocycles. The predicted octanol–water partition coefficient (Wildman–Crippen LogP) is 6.72. The average molecular weight is 424 g/mol. The van der Waals surface area contributed by atoms with Crippen molar-refractivity contribution in [3.05, 3.63) is 59.5 Å². The monoisotopic (exact) mass is 424 g/mol. The van der Waals surface area contributed by atoms with Crippen LogP contribution in [0.25, 0.3) is 6.08 Å². The standard InChI is InChI=1S/C24H28F4O2/c1-3-29-20-14-11-17(21(26)22(20)27)10-7-16-8-12-18(13-9-16)24(30-4-2)15-5-6-19(25)23(24)28/h5-7,10-11,14-16,18,23H,3-4,8-9,12-13H2,1-2H3/t16-,18-,23?,24?. The number of benzene rings is 1. The molecule has 164 valence electrons. The fraction of sp³-hybridized carbons (Fsp3) is 0.500. The van der Waals surface area contributed by atoms with Crippen LogP contribution in [-0.4, -0.2) is 25.0 Å². The molecule has 3 rings (SSSR count). The van der Waals surface area contributed by atoms with Crippen molar-refractivity contribution in [3.8, 4) is 5.75 Å². The maximum Gasteiger partial charge on any atom is 0.201 e. The summed E-state index contributed by atoms with van der Waals surface area (Å²) in [6, 6.07) is 2.91. The Labute approximate surface area is 175 Å². The molecular formula is C24H28F4O2. The summed E-state index contributed by atoms with van der Waals surface area (Å²) in [4.78, 5) is 0. The number of alkyl halides is 1. The van der Waals surface area contributed by atoms with Gasteiger partial charge in [-0.2, -0.15) is 4.39 Å². The van der Waals surface area contributed by atoms with Crippen LogP contribution in [0.2, 0.25) is 0 Å². The van der Waals surface area contributed by atoms with Crippen molar-refractivity contribution >= 4 is 6.08 Å². The van der Waals surface area contributed by atoms with Crippen molar-refractivity contribution < 1.29 is 27.0 Å². The van der Waals surface area contributed by atoms with Gasteiger partial charge in [0.25, 0.3) is 0 Å². The minimum Gasteiger partial charge on any atom is -0.491 e. The Morgan fingerprint density at radius 1 is 1.03 bits per heavy atom. The summed E-state index contributed by atoms with van der Waals surface area (Å²) in [6.07, 6.45) is 8.75. The Morgan fingerprint density at radius 3 is 2.43 bits per heavy atom. The number of hydrogen-bond acceptors (Lipinski definition) is 2. The van der Waals surface area contributed by atoms with E-state index in [1.807, 2.05) is 6.08 Å². The lowest BCUT2D eigenvalue weighted by atomic mass is 9.70. The second-order valence-corrected chi connectivity index (χ2v) is 7.74. The SMILES string of the molecule is CCOc1ccc(C=C[C@H]2CC[C@H](C3(OCC)C=CC=C(F)C3F)CC2)c(F)c1F. The summed E-state index contributed by atoms with van der Waals surface area (Å²) >= 11 is 0. The van der Waals surface area contributed by atoms with E-state index in [9.17, 15) is 17.6 Å². The minimum absolute atomic E-state index is 0.100. The van der Waals surface area contributed by atoms with Crippen molar-refractivity contribution in [2.24, 2.45) is 11.8 Å². The molecule has 0 bridgehead atoms. The molecule has 0 spiro atoms. The van der Waals surface area contributed by atoms with Gasteiger partial charge in [0.2, 0.25) is 5.82 Å². The largest absolute Gasteiger partial charge is 0.491 e. The Balaban J connectivity index is 1.66. The molecule has 1 saturated carbocycles. The van der Waals surface area contributed by atoms with Crippen LogP contribution < -0.4 is 4.74 Å². The Morgan fingerprint density at radius 2 is 1.77 bits per heavy atom. The van der Waals surface area contributed by atoms with Gasteiger partial charge in [-0.05, 0) is 75.7 Å². The van der Waals surface area contributed by atoms with Crippen molar-refractivity contribution in [2.45, 2.75) is 51.3 Å². The van der Waals surface area contributed by atoms with Gasteiger partial charge in [-0.15, -0.1) is 0 Å². The Hall–Kier alpha value is -2.08. The molecule has 0 N–H and O–H groups in total. The molecule has 0 aromatic heterocycles. The summed E-state index contributed by atoms with van der Waals surface area (Å²) in [5.74, 6) is -2.82.